The molecule has 8 heteroatoms. The highest BCUT2D eigenvalue weighted by Crippen LogP contribution is 2.26. The predicted molar refractivity (Wildman–Crippen MR) is 108 cm³/mol. The van der Waals surface area contributed by atoms with Gasteiger partial charge in [0.15, 0.2) is 0 Å². The van der Waals surface area contributed by atoms with Gasteiger partial charge in [0.05, 0.1) is 0 Å². The van der Waals surface area contributed by atoms with Crippen LogP contribution in [0.1, 0.15) is 15.9 Å². The van der Waals surface area contributed by atoms with Crippen LogP contribution in [0.4, 0.5) is 20.2 Å². The third-order valence-electron chi connectivity index (χ3n) is 4.02. The number of aliphatic imine (C=N–C) groups is 1. The van der Waals surface area contributed by atoms with Gasteiger partial charge in [-0.05, 0) is 42.5 Å². The summed E-state index contributed by atoms with van der Waals surface area (Å²) < 4.78 is 32.1. The summed E-state index contributed by atoms with van der Waals surface area (Å²) in [6.07, 6.45) is 0. The van der Waals surface area contributed by atoms with Crippen LogP contribution in [0.2, 0.25) is 0 Å². The van der Waals surface area contributed by atoms with Gasteiger partial charge in [-0.15, -0.1) is 0 Å². The van der Waals surface area contributed by atoms with E-state index in [4.69, 9.17) is 16.2 Å². The number of carbonyl (C=O) groups is 1. The quantitative estimate of drug-likeness (QED) is 0.345. The van der Waals surface area contributed by atoms with Crippen LogP contribution in [0.5, 0.6) is 11.5 Å². The molecule has 0 atom stereocenters. The van der Waals surface area contributed by atoms with Gasteiger partial charge in [0, 0.05) is 47.7 Å². The molecule has 3 aromatic rings. The molecule has 0 fully saturated rings. The maximum Gasteiger partial charge on any atom is 0.278 e. The molecule has 0 aromatic heterocycles. The number of hydrogen-bond acceptors (Lipinski definition) is 4. The number of hydrogen-bond donors (Lipinski definition) is 3. The first kappa shape index (κ1) is 19.8. The van der Waals surface area contributed by atoms with Gasteiger partial charge in [0.1, 0.15) is 29.0 Å². The summed E-state index contributed by atoms with van der Waals surface area (Å²) >= 11 is 0. The van der Waals surface area contributed by atoms with E-state index in [2.05, 4.69) is 10.3 Å². The van der Waals surface area contributed by atoms with E-state index in [1.807, 2.05) is 0 Å². The Balaban J connectivity index is 1.85. The minimum Gasteiger partial charge on any atom is -0.457 e. The molecule has 1 amide bonds. The second-order valence-corrected chi connectivity index (χ2v) is 6.09. The van der Waals surface area contributed by atoms with Crippen LogP contribution in [-0.4, -0.2) is 18.8 Å². The average molecular weight is 396 g/mol. The van der Waals surface area contributed by atoms with Crippen molar-refractivity contribution in [3.8, 4) is 11.5 Å². The lowest BCUT2D eigenvalue weighted by Crippen LogP contribution is -2.17. The number of anilines is 2. The zero-order valence-electron chi connectivity index (χ0n) is 15.4. The fourth-order valence-corrected chi connectivity index (χ4v) is 2.56. The van der Waals surface area contributed by atoms with E-state index >= 15 is 0 Å². The lowest BCUT2D eigenvalue weighted by Gasteiger charge is -2.10. The van der Waals surface area contributed by atoms with Crippen LogP contribution in [0, 0.1) is 11.6 Å². The SMILES string of the molecule is CNc1ccc(C(=O)N=C(N)c2cc(Oc3cc(F)cc(F)c3)ccc2N)cc1. The van der Waals surface area contributed by atoms with Gasteiger partial charge < -0.3 is 21.5 Å². The van der Waals surface area contributed by atoms with Crippen LogP contribution in [0.15, 0.2) is 65.7 Å². The molecule has 3 aromatic carbocycles. The van der Waals surface area contributed by atoms with Crippen LogP contribution in [0.25, 0.3) is 0 Å². The molecule has 0 saturated carbocycles. The van der Waals surface area contributed by atoms with Crippen molar-refractivity contribution in [2.45, 2.75) is 0 Å². The van der Waals surface area contributed by atoms with Crippen molar-refractivity contribution in [1.82, 2.24) is 0 Å². The van der Waals surface area contributed by atoms with Crippen LogP contribution >= 0.6 is 0 Å². The fraction of sp³-hybridized carbons (Fsp3) is 0.0476. The first-order chi connectivity index (χ1) is 13.9. The summed E-state index contributed by atoms with van der Waals surface area (Å²) in [7, 11) is 1.77. The molecule has 6 nitrogen and oxygen atoms in total. The second kappa shape index (κ2) is 8.39. The summed E-state index contributed by atoms with van der Waals surface area (Å²) in [6, 6.07) is 14.0. The monoisotopic (exact) mass is 396 g/mol. The van der Waals surface area contributed by atoms with Crippen molar-refractivity contribution in [2.75, 3.05) is 18.1 Å². The van der Waals surface area contributed by atoms with E-state index in [-0.39, 0.29) is 28.6 Å². The van der Waals surface area contributed by atoms with Crippen molar-refractivity contribution in [3.63, 3.8) is 0 Å². The summed E-state index contributed by atoms with van der Waals surface area (Å²) in [5.41, 5.74) is 13.6. The number of ether oxygens (including phenoxy) is 1. The zero-order chi connectivity index (χ0) is 21.0. The predicted octanol–water partition coefficient (Wildman–Crippen LogP) is 3.93. The Labute approximate surface area is 165 Å². The molecule has 0 heterocycles. The van der Waals surface area contributed by atoms with E-state index in [0.29, 0.717) is 5.56 Å². The maximum atomic E-state index is 13.3. The number of benzene rings is 3. The topological polar surface area (TPSA) is 103 Å². The van der Waals surface area contributed by atoms with Crippen molar-refractivity contribution in [2.24, 2.45) is 10.7 Å². The van der Waals surface area contributed by atoms with Gasteiger partial charge in [0.2, 0.25) is 0 Å². The fourth-order valence-electron chi connectivity index (χ4n) is 2.56. The van der Waals surface area contributed by atoms with E-state index < -0.39 is 17.5 Å². The molecule has 0 saturated heterocycles. The van der Waals surface area contributed by atoms with Crippen LogP contribution in [0.3, 0.4) is 0 Å². The largest absolute Gasteiger partial charge is 0.457 e. The third kappa shape index (κ3) is 4.86. The molecule has 0 aliphatic heterocycles. The standard InChI is InChI=1S/C21H18F2N4O2/c1-26-15-4-2-12(3-5-15)21(28)27-20(25)18-11-16(6-7-19(18)24)29-17-9-13(22)8-14(23)10-17/h2-11,26H,24H2,1H3,(H2,25,27,28). The van der Waals surface area contributed by atoms with Crippen molar-refractivity contribution < 1.29 is 18.3 Å². The Morgan fingerprint density at radius 2 is 1.62 bits per heavy atom. The van der Waals surface area contributed by atoms with Crippen LogP contribution < -0.4 is 21.5 Å². The van der Waals surface area contributed by atoms with Crippen molar-refractivity contribution in [3.05, 3.63) is 83.4 Å². The van der Waals surface area contributed by atoms with E-state index in [1.54, 1.807) is 31.3 Å². The summed E-state index contributed by atoms with van der Waals surface area (Å²) in [6.45, 7) is 0. The highest BCUT2D eigenvalue weighted by atomic mass is 19.1. The molecule has 0 bridgehead atoms. The lowest BCUT2D eigenvalue weighted by molar-refractivity contribution is 0.100. The average Bonchev–Trinajstić information content (AvgIpc) is 2.68. The minimum atomic E-state index is -0.772. The molecule has 3 rings (SSSR count). The molecule has 0 spiro atoms. The lowest BCUT2D eigenvalue weighted by atomic mass is 10.1. The van der Waals surface area contributed by atoms with Crippen LogP contribution in [-0.2, 0) is 0 Å². The number of nitrogens with two attached hydrogens (primary N) is 2. The van der Waals surface area contributed by atoms with Crippen molar-refractivity contribution >= 4 is 23.1 Å². The molecule has 0 aliphatic carbocycles. The van der Waals surface area contributed by atoms with E-state index in [0.717, 1.165) is 23.9 Å². The van der Waals surface area contributed by atoms with Gasteiger partial charge >= 0.3 is 0 Å². The first-order valence-corrected chi connectivity index (χ1v) is 8.56. The molecular formula is C21H18F2N4O2. The number of amidine groups is 1. The third-order valence-corrected chi connectivity index (χ3v) is 4.02. The number of nitrogens with zero attached hydrogens (tertiary/aromatic N) is 1. The highest BCUT2D eigenvalue weighted by molar-refractivity contribution is 6.11. The second-order valence-electron chi connectivity index (χ2n) is 6.09. The van der Waals surface area contributed by atoms with Gasteiger partial charge in [-0.2, -0.15) is 4.99 Å². The Morgan fingerprint density at radius 3 is 2.24 bits per heavy atom. The summed E-state index contributed by atoms with van der Waals surface area (Å²) in [5, 5.41) is 2.95. The molecule has 29 heavy (non-hydrogen) atoms. The molecule has 0 aliphatic rings. The number of rotatable bonds is 5. The smallest absolute Gasteiger partial charge is 0.278 e. The molecule has 148 valence electrons. The number of amides is 1. The number of nitrogens with one attached hydrogen (secondary N) is 1. The molecule has 5 N–H and O–H groups in total. The number of carbonyl (C=O) groups excluding carboxylic acids is 1. The molecule has 0 unspecified atom stereocenters. The number of nitrogen functional groups attached to an aromatic ring is 1. The van der Waals surface area contributed by atoms with E-state index in [9.17, 15) is 13.6 Å². The Bertz CT molecular complexity index is 1060. The molecular weight excluding hydrogens is 378 g/mol. The number of halogens is 2. The minimum absolute atomic E-state index is 0.0329. The van der Waals surface area contributed by atoms with Gasteiger partial charge in [-0.1, -0.05) is 0 Å². The first-order valence-electron chi connectivity index (χ1n) is 8.56. The summed E-state index contributed by atoms with van der Waals surface area (Å²) in [5.74, 6) is -2.00. The summed E-state index contributed by atoms with van der Waals surface area (Å²) in [4.78, 5) is 16.2. The van der Waals surface area contributed by atoms with Crippen molar-refractivity contribution in [1.29, 1.82) is 0 Å². The maximum absolute atomic E-state index is 13.3. The normalized spacial score (nSPS) is 11.2. The van der Waals surface area contributed by atoms with Gasteiger partial charge in [0.25, 0.3) is 5.91 Å². The molecule has 0 radical (unpaired) electrons. The highest BCUT2D eigenvalue weighted by Gasteiger charge is 2.11. The van der Waals surface area contributed by atoms with E-state index in [1.165, 1.54) is 18.2 Å². The Kier molecular flexibility index (Phi) is 5.73. The zero-order valence-corrected chi connectivity index (χ0v) is 15.4. The Hall–Kier alpha value is -3.94. The Morgan fingerprint density at radius 1 is 0.966 bits per heavy atom. The van der Waals surface area contributed by atoms with Gasteiger partial charge in [-0.3, -0.25) is 4.79 Å². The van der Waals surface area contributed by atoms with Gasteiger partial charge in [-0.25, -0.2) is 8.78 Å².